The van der Waals surface area contributed by atoms with Crippen molar-refractivity contribution in [2.45, 2.75) is 93.9 Å². The van der Waals surface area contributed by atoms with Gasteiger partial charge in [-0.3, -0.25) is 4.79 Å². The first-order valence-electron chi connectivity index (χ1n) is 11.0. The SMILES string of the molecule is O=C(NCC1OC2CC(CC(=O)N3CCC(F)(F)C3)OC2C1O)NC1CCCCC1. The molecule has 0 aromatic carbocycles. The maximum atomic E-state index is 13.3. The van der Waals surface area contributed by atoms with Crippen molar-refractivity contribution in [1.29, 1.82) is 0 Å². The van der Waals surface area contributed by atoms with Crippen LogP contribution in [-0.4, -0.2) is 84.1 Å². The van der Waals surface area contributed by atoms with E-state index in [-0.39, 0.29) is 50.0 Å². The largest absolute Gasteiger partial charge is 0.388 e. The molecule has 1 aliphatic carbocycles. The Hall–Kier alpha value is -1.52. The number of nitrogens with one attached hydrogen (secondary N) is 2. The van der Waals surface area contributed by atoms with Gasteiger partial charge in [-0.25, -0.2) is 13.6 Å². The molecule has 170 valence electrons. The number of amides is 3. The van der Waals surface area contributed by atoms with Crippen molar-refractivity contribution in [2.75, 3.05) is 19.6 Å². The van der Waals surface area contributed by atoms with E-state index in [1.54, 1.807) is 0 Å². The van der Waals surface area contributed by atoms with E-state index in [9.17, 15) is 23.5 Å². The van der Waals surface area contributed by atoms with Crippen LogP contribution in [0.1, 0.15) is 51.4 Å². The fourth-order valence-corrected chi connectivity index (χ4v) is 4.96. The van der Waals surface area contributed by atoms with Gasteiger partial charge in [0.2, 0.25) is 5.91 Å². The van der Waals surface area contributed by atoms with E-state index in [2.05, 4.69) is 10.6 Å². The molecule has 0 bridgehead atoms. The average molecular weight is 431 g/mol. The number of rotatable bonds is 5. The Morgan fingerprint density at radius 3 is 2.60 bits per heavy atom. The van der Waals surface area contributed by atoms with Crippen LogP contribution in [0.5, 0.6) is 0 Å². The van der Waals surface area contributed by atoms with Gasteiger partial charge in [0.1, 0.15) is 18.3 Å². The number of alkyl halides is 2. The van der Waals surface area contributed by atoms with Crippen LogP contribution in [0.15, 0.2) is 0 Å². The summed E-state index contributed by atoms with van der Waals surface area (Å²) >= 11 is 0. The van der Waals surface area contributed by atoms with Crippen molar-refractivity contribution in [2.24, 2.45) is 0 Å². The highest BCUT2D eigenvalue weighted by Gasteiger charge is 2.51. The molecule has 30 heavy (non-hydrogen) atoms. The first-order chi connectivity index (χ1) is 14.3. The monoisotopic (exact) mass is 431 g/mol. The Morgan fingerprint density at radius 1 is 1.17 bits per heavy atom. The molecule has 4 rings (SSSR count). The zero-order valence-electron chi connectivity index (χ0n) is 17.0. The standard InChI is InChI=1S/C20H31F2N3O5/c21-20(22)6-7-25(11-20)16(26)9-13-8-14-18(29-13)17(27)15(30-14)10-23-19(28)24-12-4-2-1-3-5-12/h12-15,17-18,27H,1-11H2,(H2,23,24,28). The molecular weight excluding hydrogens is 400 g/mol. The van der Waals surface area contributed by atoms with Gasteiger partial charge in [-0.05, 0) is 12.8 Å². The first-order valence-corrected chi connectivity index (χ1v) is 11.0. The molecule has 0 aromatic heterocycles. The third-order valence-corrected chi connectivity index (χ3v) is 6.61. The normalized spacial score (nSPS) is 36.0. The van der Waals surface area contributed by atoms with Gasteiger partial charge in [0, 0.05) is 32.0 Å². The lowest BCUT2D eigenvalue weighted by Crippen LogP contribution is -2.47. The summed E-state index contributed by atoms with van der Waals surface area (Å²) in [6.45, 7) is -0.315. The van der Waals surface area contributed by atoms with Crippen molar-refractivity contribution in [3.63, 3.8) is 0 Å². The Morgan fingerprint density at radius 2 is 1.93 bits per heavy atom. The maximum absolute atomic E-state index is 13.3. The molecule has 8 nitrogen and oxygen atoms in total. The molecule has 5 unspecified atom stereocenters. The first kappa shape index (κ1) is 21.7. The summed E-state index contributed by atoms with van der Waals surface area (Å²) in [7, 11) is 0. The number of hydrogen-bond donors (Lipinski definition) is 3. The second-order valence-corrected chi connectivity index (χ2v) is 8.98. The van der Waals surface area contributed by atoms with E-state index in [1.165, 1.54) is 11.3 Å². The highest BCUT2D eigenvalue weighted by Crippen LogP contribution is 2.36. The molecule has 3 aliphatic heterocycles. The van der Waals surface area contributed by atoms with Gasteiger partial charge in [0.15, 0.2) is 0 Å². The smallest absolute Gasteiger partial charge is 0.315 e. The predicted octanol–water partition coefficient (Wildman–Crippen LogP) is 1.16. The van der Waals surface area contributed by atoms with Crippen LogP contribution in [0.2, 0.25) is 0 Å². The molecule has 0 aromatic rings. The summed E-state index contributed by atoms with van der Waals surface area (Å²) in [6.07, 6.45) is 2.66. The Balaban J connectivity index is 1.18. The minimum atomic E-state index is -2.81. The van der Waals surface area contributed by atoms with Crippen LogP contribution in [0.4, 0.5) is 13.6 Å². The van der Waals surface area contributed by atoms with E-state index in [1.807, 2.05) is 0 Å². The number of nitrogens with zero attached hydrogens (tertiary/aromatic N) is 1. The van der Waals surface area contributed by atoms with Crippen molar-refractivity contribution < 1.29 is 33.0 Å². The molecule has 10 heteroatoms. The van der Waals surface area contributed by atoms with Gasteiger partial charge in [0.05, 0.1) is 25.2 Å². The summed E-state index contributed by atoms with van der Waals surface area (Å²) in [5, 5.41) is 16.2. The third kappa shape index (κ3) is 5.03. The molecule has 0 radical (unpaired) electrons. The number of halogens is 2. The summed E-state index contributed by atoms with van der Waals surface area (Å²) in [5.41, 5.74) is 0. The Kier molecular flexibility index (Phi) is 6.45. The van der Waals surface area contributed by atoms with E-state index in [4.69, 9.17) is 9.47 Å². The van der Waals surface area contributed by atoms with Gasteiger partial charge in [-0.15, -0.1) is 0 Å². The fraction of sp³-hybridized carbons (Fsp3) is 0.900. The highest BCUT2D eigenvalue weighted by atomic mass is 19.3. The summed E-state index contributed by atoms with van der Waals surface area (Å²) in [5.74, 6) is -3.17. The van der Waals surface area contributed by atoms with Crippen molar-refractivity contribution in [1.82, 2.24) is 15.5 Å². The Bertz CT molecular complexity index is 646. The lowest BCUT2D eigenvalue weighted by atomic mass is 9.96. The molecule has 1 saturated carbocycles. The summed E-state index contributed by atoms with van der Waals surface area (Å²) < 4.78 is 38.2. The lowest BCUT2D eigenvalue weighted by molar-refractivity contribution is -0.135. The van der Waals surface area contributed by atoms with Crippen LogP contribution in [-0.2, 0) is 14.3 Å². The fourth-order valence-electron chi connectivity index (χ4n) is 4.96. The number of aliphatic hydroxyl groups excluding tert-OH is 1. The molecule has 4 fully saturated rings. The molecule has 4 aliphatic rings. The van der Waals surface area contributed by atoms with Gasteiger partial charge >= 0.3 is 6.03 Å². The van der Waals surface area contributed by atoms with Crippen LogP contribution in [0, 0.1) is 0 Å². The van der Waals surface area contributed by atoms with E-state index < -0.39 is 36.9 Å². The molecule has 0 spiro atoms. The van der Waals surface area contributed by atoms with Gasteiger partial charge in [-0.1, -0.05) is 19.3 Å². The summed E-state index contributed by atoms with van der Waals surface area (Å²) in [6, 6.07) is -0.0636. The molecule has 3 heterocycles. The van der Waals surface area contributed by atoms with Crippen LogP contribution in [0.3, 0.4) is 0 Å². The number of ether oxygens (including phenoxy) is 2. The van der Waals surface area contributed by atoms with E-state index in [0.29, 0.717) is 6.42 Å². The van der Waals surface area contributed by atoms with E-state index >= 15 is 0 Å². The number of hydrogen-bond acceptors (Lipinski definition) is 5. The number of likely N-dealkylation sites (tertiary alicyclic amines) is 1. The number of fused-ring (bicyclic) bond motifs is 1. The van der Waals surface area contributed by atoms with Gasteiger partial charge in [0.25, 0.3) is 5.92 Å². The number of aliphatic hydroxyl groups is 1. The van der Waals surface area contributed by atoms with Crippen LogP contribution >= 0.6 is 0 Å². The van der Waals surface area contributed by atoms with Crippen molar-refractivity contribution in [3.8, 4) is 0 Å². The van der Waals surface area contributed by atoms with Crippen LogP contribution in [0.25, 0.3) is 0 Å². The summed E-state index contributed by atoms with van der Waals surface area (Å²) in [4.78, 5) is 25.5. The Labute approximate surface area is 174 Å². The zero-order chi connectivity index (χ0) is 21.3. The predicted molar refractivity (Wildman–Crippen MR) is 102 cm³/mol. The van der Waals surface area contributed by atoms with Crippen LogP contribution < -0.4 is 10.6 Å². The molecule has 5 atom stereocenters. The van der Waals surface area contributed by atoms with Crippen molar-refractivity contribution in [3.05, 3.63) is 0 Å². The second kappa shape index (κ2) is 8.92. The molecular formula is C20H31F2N3O5. The van der Waals surface area contributed by atoms with Gasteiger partial charge < -0.3 is 30.1 Å². The molecule has 3 saturated heterocycles. The average Bonchev–Trinajstić information content (AvgIpc) is 3.35. The van der Waals surface area contributed by atoms with Gasteiger partial charge in [-0.2, -0.15) is 0 Å². The minimum absolute atomic E-state index is 0.00582. The molecule has 3 N–H and O–H groups in total. The highest BCUT2D eigenvalue weighted by molar-refractivity contribution is 5.77. The van der Waals surface area contributed by atoms with E-state index in [0.717, 1.165) is 25.7 Å². The lowest BCUT2D eigenvalue weighted by Gasteiger charge is -2.24. The number of carbonyl (C=O) groups excluding carboxylic acids is 2. The second-order valence-electron chi connectivity index (χ2n) is 8.98. The maximum Gasteiger partial charge on any atom is 0.315 e. The zero-order valence-corrected chi connectivity index (χ0v) is 17.0. The number of carbonyl (C=O) groups is 2. The quantitative estimate of drug-likeness (QED) is 0.607. The minimum Gasteiger partial charge on any atom is -0.388 e. The van der Waals surface area contributed by atoms with Crippen molar-refractivity contribution >= 4 is 11.9 Å². The topological polar surface area (TPSA) is 100 Å². The third-order valence-electron chi connectivity index (χ3n) is 6.61. The number of urea groups is 1. The molecule has 3 amide bonds.